The highest BCUT2D eigenvalue weighted by Crippen LogP contribution is 2.38. The smallest absolute Gasteiger partial charge is 0.303 e. The number of aromatic hydroxyl groups is 1. The van der Waals surface area contributed by atoms with Crippen LogP contribution < -0.4 is 4.74 Å². The molecule has 22 heavy (non-hydrogen) atoms. The number of ketones is 1. The summed E-state index contributed by atoms with van der Waals surface area (Å²) in [5.74, 6) is -1.01. The first kappa shape index (κ1) is 18.0. The number of carbonyl (C=O) groups is 2. The van der Waals surface area contributed by atoms with E-state index in [1.54, 1.807) is 6.08 Å². The molecule has 5 nitrogen and oxygen atoms in total. The van der Waals surface area contributed by atoms with Gasteiger partial charge in [0.15, 0.2) is 5.78 Å². The second kappa shape index (κ2) is 7.84. The summed E-state index contributed by atoms with van der Waals surface area (Å²) in [4.78, 5) is 22.1. The van der Waals surface area contributed by atoms with Gasteiger partial charge in [0.1, 0.15) is 11.5 Å². The van der Waals surface area contributed by atoms with Gasteiger partial charge in [0, 0.05) is 12.0 Å². The fourth-order valence-electron chi connectivity index (χ4n) is 2.04. The molecule has 1 aromatic rings. The van der Waals surface area contributed by atoms with Crippen molar-refractivity contribution in [2.24, 2.45) is 0 Å². The van der Waals surface area contributed by atoms with Crippen molar-refractivity contribution >= 4 is 23.4 Å². The van der Waals surface area contributed by atoms with Crippen LogP contribution in [0, 0.1) is 0 Å². The van der Waals surface area contributed by atoms with Crippen LogP contribution in [0.4, 0.5) is 0 Å². The summed E-state index contributed by atoms with van der Waals surface area (Å²) >= 11 is 6.08. The van der Waals surface area contributed by atoms with E-state index in [0.29, 0.717) is 24.2 Å². The summed E-state index contributed by atoms with van der Waals surface area (Å²) < 4.78 is 5.20. The Kier molecular flexibility index (Phi) is 6.43. The number of methoxy groups -OCH3 is 1. The molecule has 1 rings (SSSR count). The molecule has 0 heterocycles. The van der Waals surface area contributed by atoms with Crippen molar-refractivity contribution < 1.29 is 24.5 Å². The minimum Gasteiger partial charge on any atom is -0.507 e. The van der Waals surface area contributed by atoms with Gasteiger partial charge in [-0.05, 0) is 32.8 Å². The quantitative estimate of drug-likeness (QED) is 0.590. The zero-order valence-corrected chi connectivity index (χ0v) is 13.5. The zero-order chi connectivity index (χ0) is 16.9. The molecular weight excluding hydrogens is 308 g/mol. The first-order valence-corrected chi connectivity index (χ1v) is 7.12. The Bertz CT molecular complexity index is 619. The van der Waals surface area contributed by atoms with Gasteiger partial charge in [-0.25, -0.2) is 0 Å². The predicted octanol–water partition coefficient (Wildman–Crippen LogP) is 3.61. The third kappa shape index (κ3) is 4.49. The fraction of sp³-hybridized carbons (Fsp3) is 0.375. The monoisotopic (exact) mass is 326 g/mol. The van der Waals surface area contributed by atoms with E-state index in [1.807, 2.05) is 6.92 Å². The van der Waals surface area contributed by atoms with Crippen molar-refractivity contribution in [1.82, 2.24) is 0 Å². The van der Waals surface area contributed by atoms with Crippen LogP contribution in [0.15, 0.2) is 17.7 Å². The third-order valence-corrected chi connectivity index (χ3v) is 3.56. The van der Waals surface area contributed by atoms with E-state index in [2.05, 4.69) is 0 Å². The number of rotatable bonds is 7. The van der Waals surface area contributed by atoms with Crippen molar-refractivity contribution in [3.05, 3.63) is 33.9 Å². The van der Waals surface area contributed by atoms with Crippen molar-refractivity contribution in [2.75, 3.05) is 7.11 Å². The Balaban J connectivity index is 3.14. The molecule has 0 aromatic heterocycles. The highest BCUT2D eigenvalue weighted by atomic mass is 35.5. The first-order chi connectivity index (χ1) is 10.3. The lowest BCUT2D eigenvalue weighted by Gasteiger charge is -2.14. The number of hydrogen-bond donors (Lipinski definition) is 2. The summed E-state index contributed by atoms with van der Waals surface area (Å²) in [6, 6.07) is 1.38. The second-order valence-electron chi connectivity index (χ2n) is 4.97. The molecule has 0 spiro atoms. The van der Waals surface area contributed by atoms with Crippen LogP contribution in [-0.4, -0.2) is 29.1 Å². The number of carboxylic acids is 1. The first-order valence-electron chi connectivity index (χ1n) is 6.74. The Hall–Kier alpha value is -2.01. The number of ether oxygens (including phenoxy) is 1. The van der Waals surface area contributed by atoms with Gasteiger partial charge in [-0.1, -0.05) is 23.3 Å². The molecule has 0 aliphatic heterocycles. The molecule has 0 atom stereocenters. The summed E-state index contributed by atoms with van der Waals surface area (Å²) in [5.41, 5.74) is 1.42. The third-order valence-electron chi connectivity index (χ3n) is 3.27. The summed E-state index contributed by atoms with van der Waals surface area (Å²) in [5, 5.41) is 19.2. The number of phenols is 1. The predicted molar refractivity (Wildman–Crippen MR) is 84.0 cm³/mol. The minimum absolute atomic E-state index is 0.0414. The van der Waals surface area contributed by atoms with E-state index in [-0.39, 0.29) is 28.5 Å². The number of phenolic OH excluding ortho intramolecular Hbond substituents is 1. The maximum atomic E-state index is 11.5. The average Bonchev–Trinajstić information content (AvgIpc) is 2.44. The van der Waals surface area contributed by atoms with Crippen molar-refractivity contribution in [1.29, 1.82) is 0 Å². The lowest BCUT2D eigenvalue weighted by Crippen LogP contribution is -2.00. The molecule has 0 unspecified atom stereocenters. The maximum Gasteiger partial charge on any atom is 0.303 e. The average molecular weight is 327 g/mol. The van der Waals surface area contributed by atoms with E-state index >= 15 is 0 Å². The highest BCUT2D eigenvalue weighted by Gasteiger charge is 2.19. The molecule has 120 valence electrons. The molecule has 1 aromatic carbocycles. The van der Waals surface area contributed by atoms with Crippen molar-refractivity contribution in [3.8, 4) is 11.5 Å². The van der Waals surface area contributed by atoms with Gasteiger partial charge in [-0.2, -0.15) is 0 Å². The molecule has 6 heteroatoms. The molecule has 0 saturated carbocycles. The van der Waals surface area contributed by atoms with Crippen molar-refractivity contribution in [3.63, 3.8) is 0 Å². The molecule has 0 saturated heterocycles. The fourth-order valence-corrected chi connectivity index (χ4v) is 2.34. The Morgan fingerprint density at radius 3 is 2.45 bits per heavy atom. The molecule has 0 aliphatic rings. The van der Waals surface area contributed by atoms with Crippen LogP contribution in [0.25, 0.3) is 0 Å². The largest absolute Gasteiger partial charge is 0.507 e. The lowest BCUT2D eigenvalue weighted by molar-refractivity contribution is -0.136. The van der Waals surface area contributed by atoms with Gasteiger partial charge in [-0.15, -0.1) is 0 Å². The number of allylic oxidation sites excluding steroid dienone is 2. The molecule has 0 radical (unpaired) electrons. The minimum atomic E-state index is -0.866. The van der Waals surface area contributed by atoms with E-state index in [9.17, 15) is 14.7 Å². The van der Waals surface area contributed by atoms with Gasteiger partial charge in [0.05, 0.1) is 17.7 Å². The summed E-state index contributed by atoms with van der Waals surface area (Å²) in [6.45, 7) is 3.15. The second-order valence-corrected chi connectivity index (χ2v) is 5.38. The highest BCUT2D eigenvalue weighted by molar-refractivity contribution is 6.32. The standard InChI is InChI=1S/C16H19ClO5/c1-9(5-7-14(19)20)4-6-11-15(21)12(10(2)18)8-13(17)16(11)22-3/h4,8,21H,5-7H2,1-3H3,(H,19,20)/b9-4+. The van der Waals surface area contributed by atoms with E-state index < -0.39 is 5.97 Å². The molecule has 0 amide bonds. The number of aliphatic carboxylic acids is 1. The number of carboxylic acid groups (broad SMARTS) is 1. The number of halogens is 1. The topological polar surface area (TPSA) is 83.8 Å². The summed E-state index contributed by atoms with van der Waals surface area (Å²) in [6.07, 6.45) is 2.54. The molecule has 0 fully saturated rings. The van der Waals surface area contributed by atoms with Gasteiger partial charge < -0.3 is 14.9 Å². The van der Waals surface area contributed by atoms with Gasteiger partial charge in [0.25, 0.3) is 0 Å². The Morgan fingerprint density at radius 1 is 1.32 bits per heavy atom. The number of benzene rings is 1. The normalized spacial score (nSPS) is 11.4. The number of Topliss-reactive ketones (excluding diaryl/α,β-unsaturated/α-hetero) is 1. The van der Waals surface area contributed by atoms with E-state index in [4.69, 9.17) is 21.4 Å². The van der Waals surface area contributed by atoms with Crippen LogP contribution in [0.2, 0.25) is 5.02 Å². The molecular formula is C16H19ClO5. The van der Waals surface area contributed by atoms with Gasteiger partial charge in [-0.3, -0.25) is 9.59 Å². The number of hydrogen-bond acceptors (Lipinski definition) is 4. The zero-order valence-electron chi connectivity index (χ0n) is 12.8. The van der Waals surface area contributed by atoms with Crippen LogP contribution in [0.5, 0.6) is 11.5 Å². The van der Waals surface area contributed by atoms with Gasteiger partial charge >= 0.3 is 5.97 Å². The van der Waals surface area contributed by atoms with Crippen LogP contribution in [0.3, 0.4) is 0 Å². The van der Waals surface area contributed by atoms with Crippen molar-refractivity contribution in [2.45, 2.75) is 33.1 Å². The van der Waals surface area contributed by atoms with Gasteiger partial charge in [0.2, 0.25) is 0 Å². The molecule has 2 N–H and O–H groups in total. The molecule has 0 bridgehead atoms. The van der Waals surface area contributed by atoms with Crippen LogP contribution in [0.1, 0.15) is 42.6 Å². The SMILES string of the molecule is COc1c(Cl)cc(C(C)=O)c(O)c1C/C=C(\C)CCC(=O)O. The molecule has 0 aliphatic carbocycles. The summed E-state index contributed by atoms with van der Waals surface area (Å²) in [7, 11) is 1.43. The maximum absolute atomic E-state index is 11.5. The van der Waals surface area contributed by atoms with E-state index in [1.165, 1.54) is 20.1 Å². The Labute approximate surface area is 134 Å². The lowest BCUT2D eigenvalue weighted by atomic mass is 10.0. The van der Waals surface area contributed by atoms with Crippen LogP contribution >= 0.6 is 11.6 Å². The van der Waals surface area contributed by atoms with Crippen LogP contribution in [-0.2, 0) is 11.2 Å². The number of carbonyl (C=O) groups excluding carboxylic acids is 1. The van der Waals surface area contributed by atoms with E-state index in [0.717, 1.165) is 5.57 Å². The Morgan fingerprint density at radius 2 is 1.95 bits per heavy atom.